The lowest BCUT2D eigenvalue weighted by atomic mass is 9.46. The van der Waals surface area contributed by atoms with E-state index in [4.69, 9.17) is 18.9 Å². The van der Waals surface area contributed by atoms with Gasteiger partial charge in [-0.05, 0) is 50.9 Å². The molecular weight excluding hydrogens is 483 g/mol. The monoisotopic (exact) mass is 518 g/mol. The van der Waals surface area contributed by atoms with Gasteiger partial charge in [-0.3, -0.25) is 14.5 Å². The van der Waals surface area contributed by atoms with Crippen molar-refractivity contribution in [1.29, 1.82) is 0 Å². The minimum atomic E-state index is -2.11. The summed E-state index contributed by atoms with van der Waals surface area (Å²) in [5, 5.41) is 0. The maximum atomic E-state index is 16.3. The van der Waals surface area contributed by atoms with Gasteiger partial charge in [0.15, 0.2) is 6.10 Å². The van der Waals surface area contributed by atoms with Crippen LogP contribution in [0.2, 0.25) is 0 Å². The van der Waals surface area contributed by atoms with Crippen molar-refractivity contribution in [1.82, 2.24) is 4.90 Å². The van der Waals surface area contributed by atoms with Crippen molar-refractivity contribution in [2.75, 3.05) is 39.3 Å². The van der Waals surface area contributed by atoms with Gasteiger partial charge in [-0.15, -0.1) is 0 Å². The average Bonchev–Trinajstić information content (AvgIpc) is 3.36. The molecule has 0 N–H and O–H groups in total. The van der Waals surface area contributed by atoms with E-state index in [1.54, 1.807) is 7.11 Å². The molecule has 1 aromatic carbocycles. The summed E-state index contributed by atoms with van der Waals surface area (Å²) in [6.07, 6.45) is -1.29. The molecule has 1 saturated carbocycles. The van der Waals surface area contributed by atoms with Crippen molar-refractivity contribution in [3.63, 3.8) is 0 Å². The zero-order valence-corrected chi connectivity index (χ0v) is 22.2. The number of benzene rings is 1. The predicted molar refractivity (Wildman–Crippen MR) is 131 cm³/mol. The van der Waals surface area contributed by atoms with Crippen molar-refractivity contribution in [2.24, 2.45) is 5.41 Å². The highest BCUT2D eigenvalue weighted by Crippen LogP contribution is 2.69. The van der Waals surface area contributed by atoms with E-state index in [2.05, 4.69) is 4.90 Å². The molecule has 1 spiro atoms. The molecule has 10 heteroatoms. The molecule has 2 saturated heterocycles. The van der Waals surface area contributed by atoms with Crippen LogP contribution in [-0.4, -0.2) is 87.1 Å². The zero-order valence-electron chi connectivity index (χ0n) is 22.2. The number of likely N-dealkylation sites (N-methyl/N-ethyl adjacent to an activating group) is 1. The first-order chi connectivity index (χ1) is 17.5. The third-order valence-electron chi connectivity index (χ3n) is 9.32. The third-order valence-corrected chi connectivity index (χ3v) is 9.32. The van der Waals surface area contributed by atoms with Crippen LogP contribution >= 0.6 is 0 Å². The number of hydrogen-bond acceptors (Lipinski definition) is 9. The fraction of sp³-hybridized carbons (Fsp3) is 0.667. The van der Waals surface area contributed by atoms with Gasteiger partial charge < -0.3 is 23.8 Å². The number of carbonyl (C=O) groups is 3. The van der Waals surface area contributed by atoms with E-state index in [0.29, 0.717) is 31.6 Å². The fourth-order valence-electron chi connectivity index (χ4n) is 8.47. The number of carbonyl (C=O) groups excluding carboxylic acids is 3. The van der Waals surface area contributed by atoms with Gasteiger partial charge in [0.1, 0.15) is 11.9 Å². The highest BCUT2D eigenvalue weighted by atomic mass is 19.1. The van der Waals surface area contributed by atoms with Gasteiger partial charge >= 0.3 is 17.9 Å². The van der Waals surface area contributed by atoms with E-state index in [0.717, 1.165) is 17.8 Å². The van der Waals surface area contributed by atoms with Crippen LogP contribution in [0.15, 0.2) is 18.2 Å². The highest BCUT2D eigenvalue weighted by molar-refractivity contribution is 5.89. The number of fused-ring (bicyclic) bond motifs is 1. The molecule has 1 aromatic rings. The lowest BCUT2D eigenvalue weighted by molar-refractivity contribution is -0.259. The van der Waals surface area contributed by atoms with E-state index in [1.807, 2.05) is 30.1 Å². The second kappa shape index (κ2) is 8.58. The summed E-state index contributed by atoms with van der Waals surface area (Å²) in [6, 6.07) is 4.49. The largest absolute Gasteiger partial charge is 0.497 e. The number of piperidine rings is 1. The Morgan fingerprint density at radius 1 is 1.08 bits per heavy atom. The van der Waals surface area contributed by atoms with E-state index in [9.17, 15) is 14.4 Å². The number of halogens is 1. The molecule has 0 radical (unpaired) electrons. The first-order valence-corrected chi connectivity index (χ1v) is 12.8. The summed E-state index contributed by atoms with van der Waals surface area (Å²) < 4.78 is 39.1. The summed E-state index contributed by atoms with van der Waals surface area (Å²) in [5.74, 6) is -1.68. The maximum absolute atomic E-state index is 16.3. The predicted octanol–water partition coefficient (Wildman–Crippen LogP) is 2.38. The normalized spacial score (nSPS) is 36.6. The van der Waals surface area contributed by atoms with Crippen LogP contribution in [0, 0.1) is 5.41 Å². The Bertz CT molecular complexity index is 1140. The van der Waals surface area contributed by atoms with E-state index in [-0.39, 0.29) is 0 Å². The molecule has 3 aliphatic heterocycles. The van der Waals surface area contributed by atoms with E-state index < -0.39 is 58.7 Å². The van der Waals surface area contributed by atoms with Crippen molar-refractivity contribution >= 4 is 23.6 Å². The zero-order chi connectivity index (χ0) is 26.9. The van der Waals surface area contributed by atoms with Crippen molar-refractivity contribution < 1.29 is 37.7 Å². The smallest absolute Gasteiger partial charge is 0.356 e. The minimum absolute atomic E-state index is 0.355. The van der Waals surface area contributed by atoms with Gasteiger partial charge in [0.05, 0.1) is 25.7 Å². The lowest BCUT2D eigenvalue weighted by Crippen LogP contribution is -2.84. The molecule has 1 aliphatic carbocycles. The molecule has 3 fully saturated rings. The standard InChI is InChI=1S/C27H35FN2O7/c1-15(28)25-10-7-12-30-13-11-26(21(25)30)19-9-8-18(34-5)14-20(19)29(4)22(26)27(24(33)35-6,37-17(3)32)23(25)36-16(2)31/h8-9,14-15,21-23H,7,10-13H2,1-6H3/t15-,21-,22+,23+,25-,26+,27-/m0/s1. The molecule has 0 unspecified atom stereocenters. The fourth-order valence-corrected chi connectivity index (χ4v) is 8.47. The molecule has 3 heterocycles. The van der Waals surface area contributed by atoms with Gasteiger partial charge in [0, 0.05) is 44.1 Å². The van der Waals surface area contributed by atoms with Gasteiger partial charge in [0.25, 0.3) is 5.60 Å². The van der Waals surface area contributed by atoms with Crippen LogP contribution in [0.3, 0.4) is 0 Å². The quantitative estimate of drug-likeness (QED) is 0.430. The Morgan fingerprint density at radius 3 is 2.41 bits per heavy atom. The Hall–Kier alpha value is -2.88. The van der Waals surface area contributed by atoms with Crippen LogP contribution in [-0.2, 0) is 34.0 Å². The molecule has 0 amide bonds. The second-order valence-corrected chi connectivity index (χ2v) is 10.8. The summed E-state index contributed by atoms with van der Waals surface area (Å²) in [6.45, 7) is 5.30. The Balaban J connectivity index is 1.92. The second-order valence-electron chi connectivity index (χ2n) is 10.8. The van der Waals surface area contributed by atoms with Gasteiger partial charge in [0.2, 0.25) is 0 Å². The molecule has 0 aromatic heterocycles. The number of ether oxygens (including phenoxy) is 4. The third kappa shape index (κ3) is 3.08. The van der Waals surface area contributed by atoms with Crippen molar-refractivity contribution in [2.45, 2.75) is 75.4 Å². The van der Waals surface area contributed by atoms with Gasteiger partial charge in [-0.25, -0.2) is 9.18 Å². The maximum Gasteiger partial charge on any atom is 0.356 e. The Labute approximate surface area is 216 Å². The van der Waals surface area contributed by atoms with Crippen LogP contribution in [0.25, 0.3) is 0 Å². The molecule has 0 bridgehead atoms. The number of nitrogens with zero attached hydrogens (tertiary/aromatic N) is 2. The summed E-state index contributed by atoms with van der Waals surface area (Å²) >= 11 is 0. The molecule has 5 rings (SSSR count). The van der Waals surface area contributed by atoms with Crippen LogP contribution in [0.1, 0.15) is 45.6 Å². The molecular formula is C27H35FN2O7. The van der Waals surface area contributed by atoms with Crippen molar-refractivity contribution in [3.05, 3.63) is 23.8 Å². The van der Waals surface area contributed by atoms with Crippen LogP contribution in [0.5, 0.6) is 5.75 Å². The average molecular weight is 519 g/mol. The number of esters is 3. The number of alkyl halides is 1. The molecule has 9 nitrogen and oxygen atoms in total. The Kier molecular flexibility index (Phi) is 5.97. The van der Waals surface area contributed by atoms with Gasteiger partial charge in [-0.2, -0.15) is 0 Å². The summed E-state index contributed by atoms with van der Waals surface area (Å²) in [4.78, 5) is 43.6. The SMILES string of the molecule is COC(=O)[C@]1(OC(C)=O)[C@@H]2N(C)c3cc(OC)ccc3[C@@]23CCN2CCC[C@]([C@H](C)F)([C@H]23)[C@H]1OC(C)=O. The molecule has 7 atom stereocenters. The molecule has 37 heavy (non-hydrogen) atoms. The molecule has 202 valence electrons. The van der Waals surface area contributed by atoms with Gasteiger partial charge in [-0.1, -0.05) is 6.07 Å². The first kappa shape index (κ1) is 25.8. The first-order valence-electron chi connectivity index (χ1n) is 12.8. The number of rotatable bonds is 5. The number of methoxy groups -OCH3 is 2. The number of hydrogen-bond donors (Lipinski definition) is 0. The van der Waals surface area contributed by atoms with E-state index in [1.165, 1.54) is 27.9 Å². The molecule has 4 aliphatic rings. The van der Waals surface area contributed by atoms with Crippen LogP contribution < -0.4 is 9.64 Å². The highest BCUT2D eigenvalue weighted by Gasteiger charge is 2.83. The summed E-state index contributed by atoms with van der Waals surface area (Å²) in [5.41, 5.74) is -2.53. The lowest BCUT2D eigenvalue weighted by Gasteiger charge is -2.65. The summed E-state index contributed by atoms with van der Waals surface area (Å²) in [7, 11) is 4.60. The topological polar surface area (TPSA) is 94.6 Å². The van der Waals surface area contributed by atoms with E-state index >= 15 is 4.39 Å². The minimum Gasteiger partial charge on any atom is -0.497 e. The Morgan fingerprint density at radius 2 is 1.81 bits per heavy atom. The van der Waals surface area contributed by atoms with Crippen molar-refractivity contribution in [3.8, 4) is 5.75 Å². The van der Waals surface area contributed by atoms with Crippen LogP contribution in [0.4, 0.5) is 10.1 Å². The number of anilines is 1.